The van der Waals surface area contributed by atoms with Crippen LogP contribution in [0.25, 0.3) is 11.3 Å². The molecule has 0 atom stereocenters. The average Bonchev–Trinajstić information content (AvgIpc) is 2.75. The molecule has 2 heterocycles. The molecule has 1 aromatic heterocycles. The van der Waals surface area contributed by atoms with Crippen LogP contribution in [0.5, 0.6) is 0 Å². The van der Waals surface area contributed by atoms with Crippen LogP contribution in [0.3, 0.4) is 0 Å². The summed E-state index contributed by atoms with van der Waals surface area (Å²) in [4.78, 5) is 14.6. The summed E-state index contributed by atoms with van der Waals surface area (Å²) in [6.07, 6.45) is 3.66. The lowest BCUT2D eigenvalue weighted by atomic mass is 10.1. The van der Waals surface area contributed by atoms with E-state index in [-0.39, 0.29) is 11.7 Å². The van der Waals surface area contributed by atoms with Gasteiger partial charge in [0.05, 0.1) is 5.69 Å². The Morgan fingerprint density at radius 3 is 2.43 bits per heavy atom. The lowest BCUT2D eigenvalue weighted by Crippen LogP contribution is -2.30. The number of amides is 1. The molecule has 1 amide bonds. The zero-order chi connectivity index (χ0) is 19.3. The number of nitrogens with one attached hydrogen (secondary N) is 1. The van der Waals surface area contributed by atoms with Crippen molar-refractivity contribution < 1.29 is 9.18 Å². The van der Waals surface area contributed by atoms with E-state index >= 15 is 0 Å². The Balaban J connectivity index is 1.48. The van der Waals surface area contributed by atoms with E-state index in [9.17, 15) is 9.18 Å². The van der Waals surface area contributed by atoms with Crippen molar-refractivity contribution in [2.24, 2.45) is 0 Å². The smallest absolute Gasteiger partial charge is 0.255 e. The number of hydrogen-bond acceptors (Lipinski definition) is 4. The zero-order valence-corrected chi connectivity index (χ0v) is 15.4. The molecule has 0 aliphatic carbocycles. The van der Waals surface area contributed by atoms with Crippen LogP contribution in [0, 0.1) is 5.82 Å². The minimum absolute atomic E-state index is 0.288. The van der Waals surface area contributed by atoms with E-state index in [0.717, 1.165) is 30.2 Å². The topological polar surface area (TPSA) is 58.1 Å². The highest BCUT2D eigenvalue weighted by molar-refractivity contribution is 6.04. The number of carbonyl (C=O) groups is 1. The van der Waals surface area contributed by atoms with Crippen molar-refractivity contribution in [2.75, 3.05) is 23.3 Å². The van der Waals surface area contributed by atoms with Crippen molar-refractivity contribution in [1.29, 1.82) is 0 Å². The van der Waals surface area contributed by atoms with E-state index in [2.05, 4.69) is 20.4 Å². The van der Waals surface area contributed by atoms with Gasteiger partial charge < -0.3 is 10.2 Å². The minimum atomic E-state index is -0.370. The second-order valence-electron chi connectivity index (χ2n) is 6.87. The number of rotatable bonds is 4. The van der Waals surface area contributed by atoms with Crippen molar-refractivity contribution in [2.45, 2.75) is 19.3 Å². The van der Waals surface area contributed by atoms with Crippen molar-refractivity contribution in [3.63, 3.8) is 0 Å². The molecule has 1 saturated heterocycles. The second-order valence-corrected chi connectivity index (χ2v) is 6.87. The SMILES string of the molecule is O=C(Nc1cccc(-c2ccc(N3CCCCC3)nn2)c1)c1ccc(F)cc1. The molecular weight excluding hydrogens is 355 g/mol. The van der Waals surface area contributed by atoms with E-state index < -0.39 is 0 Å². The molecule has 6 heteroatoms. The Kier molecular flexibility index (Phi) is 5.28. The van der Waals surface area contributed by atoms with Gasteiger partial charge in [-0.2, -0.15) is 0 Å². The Hall–Kier alpha value is -3.28. The molecule has 0 bridgehead atoms. The predicted molar refractivity (Wildman–Crippen MR) is 108 cm³/mol. The normalized spacial score (nSPS) is 14.0. The molecule has 1 aliphatic rings. The summed E-state index contributed by atoms with van der Waals surface area (Å²) < 4.78 is 13.0. The quantitative estimate of drug-likeness (QED) is 0.727. The van der Waals surface area contributed by atoms with Gasteiger partial charge in [0.2, 0.25) is 0 Å². The van der Waals surface area contributed by atoms with Crippen LogP contribution in [0.1, 0.15) is 29.6 Å². The molecule has 3 aromatic rings. The molecule has 0 spiro atoms. The van der Waals surface area contributed by atoms with Gasteiger partial charge in [-0.25, -0.2) is 4.39 Å². The van der Waals surface area contributed by atoms with Gasteiger partial charge in [0, 0.05) is 29.9 Å². The predicted octanol–water partition coefficient (Wildman–Crippen LogP) is 4.53. The highest BCUT2D eigenvalue weighted by Gasteiger charge is 2.13. The number of halogens is 1. The number of hydrogen-bond donors (Lipinski definition) is 1. The van der Waals surface area contributed by atoms with E-state index in [0.29, 0.717) is 11.3 Å². The first-order chi connectivity index (χ1) is 13.7. The molecule has 0 unspecified atom stereocenters. The lowest BCUT2D eigenvalue weighted by Gasteiger charge is -2.27. The maximum absolute atomic E-state index is 13.0. The Morgan fingerprint density at radius 1 is 0.929 bits per heavy atom. The Morgan fingerprint density at radius 2 is 1.71 bits per heavy atom. The van der Waals surface area contributed by atoms with E-state index in [4.69, 9.17) is 0 Å². The summed E-state index contributed by atoms with van der Waals surface area (Å²) in [5.41, 5.74) is 2.67. The minimum Gasteiger partial charge on any atom is -0.355 e. The van der Waals surface area contributed by atoms with E-state index in [1.165, 1.54) is 43.5 Å². The van der Waals surface area contributed by atoms with Crippen molar-refractivity contribution in [3.05, 3.63) is 72.0 Å². The fourth-order valence-electron chi connectivity index (χ4n) is 3.33. The fraction of sp³-hybridized carbons (Fsp3) is 0.227. The summed E-state index contributed by atoms with van der Waals surface area (Å²) >= 11 is 0. The third-order valence-corrected chi connectivity index (χ3v) is 4.85. The van der Waals surface area contributed by atoms with Crippen LogP contribution in [0.4, 0.5) is 15.9 Å². The molecule has 1 aliphatic heterocycles. The highest BCUT2D eigenvalue weighted by Crippen LogP contribution is 2.23. The maximum Gasteiger partial charge on any atom is 0.255 e. The summed E-state index contributed by atoms with van der Waals surface area (Å²) in [6.45, 7) is 2.05. The molecule has 2 aromatic carbocycles. The van der Waals surface area contributed by atoms with Gasteiger partial charge in [-0.05, 0) is 67.8 Å². The molecule has 1 fully saturated rings. The van der Waals surface area contributed by atoms with Crippen LogP contribution < -0.4 is 10.2 Å². The van der Waals surface area contributed by atoms with Gasteiger partial charge >= 0.3 is 0 Å². The molecule has 4 rings (SSSR count). The molecule has 0 radical (unpaired) electrons. The first kappa shape index (κ1) is 18.1. The average molecular weight is 376 g/mol. The fourth-order valence-corrected chi connectivity index (χ4v) is 3.33. The molecule has 142 valence electrons. The number of piperidine rings is 1. The van der Waals surface area contributed by atoms with Gasteiger partial charge in [0.25, 0.3) is 5.91 Å². The van der Waals surface area contributed by atoms with Gasteiger partial charge in [-0.1, -0.05) is 12.1 Å². The number of carbonyl (C=O) groups excluding carboxylic acids is 1. The van der Waals surface area contributed by atoms with E-state index in [1.54, 1.807) is 6.07 Å². The van der Waals surface area contributed by atoms with Crippen molar-refractivity contribution >= 4 is 17.4 Å². The standard InChI is InChI=1S/C22H21FN4O/c23-18-9-7-16(8-10-18)22(28)24-19-6-4-5-17(15-19)20-11-12-21(26-25-20)27-13-2-1-3-14-27/h4-12,15H,1-3,13-14H2,(H,24,28). The lowest BCUT2D eigenvalue weighted by molar-refractivity contribution is 0.102. The van der Waals surface area contributed by atoms with Gasteiger partial charge in [0.1, 0.15) is 5.82 Å². The summed E-state index contributed by atoms with van der Waals surface area (Å²) in [5.74, 6) is 0.248. The number of benzene rings is 2. The van der Waals surface area contributed by atoms with E-state index in [1.807, 2.05) is 30.3 Å². The first-order valence-electron chi connectivity index (χ1n) is 9.45. The van der Waals surface area contributed by atoms with Crippen molar-refractivity contribution in [3.8, 4) is 11.3 Å². The number of aromatic nitrogens is 2. The summed E-state index contributed by atoms with van der Waals surface area (Å²) in [7, 11) is 0. The maximum atomic E-state index is 13.0. The molecule has 5 nitrogen and oxygen atoms in total. The summed E-state index contributed by atoms with van der Waals surface area (Å²) in [5, 5.41) is 11.6. The molecule has 0 saturated carbocycles. The zero-order valence-electron chi connectivity index (χ0n) is 15.4. The van der Waals surface area contributed by atoms with Crippen LogP contribution >= 0.6 is 0 Å². The summed E-state index contributed by atoms with van der Waals surface area (Å²) in [6, 6.07) is 16.9. The van der Waals surface area contributed by atoms with Crippen LogP contribution in [0.2, 0.25) is 0 Å². The Labute approximate surface area is 163 Å². The Bertz CT molecular complexity index is 951. The monoisotopic (exact) mass is 376 g/mol. The van der Waals surface area contributed by atoms with Crippen LogP contribution in [0.15, 0.2) is 60.7 Å². The third kappa shape index (κ3) is 4.17. The highest BCUT2D eigenvalue weighted by atomic mass is 19.1. The molecular formula is C22H21FN4O. The number of anilines is 2. The van der Waals surface area contributed by atoms with Gasteiger partial charge in [0.15, 0.2) is 5.82 Å². The van der Waals surface area contributed by atoms with Crippen LogP contribution in [-0.2, 0) is 0 Å². The third-order valence-electron chi connectivity index (χ3n) is 4.85. The van der Waals surface area contributed by atoms with Gasteiger partial charge in [-0.15, -0.1) is 10.2 Å². The second kappa shape index (κ2) is 8.17. The number of nitrogens with zero attached hydrogens (tertiary/aromatic N) is 3. The van der Waals surface area contributed by atoms with Gasteiger partial charge in [-0.3, -0.25) is 4.79 Å². The molecule has 28 heavy (non-hydrogen) atoms. The largest absolute Gasteiger partial charge is 0.355 e. The molecule has 1 N–H and O–H groups in total. The van der Waals surface area contributed by atoms with Crippen molar-refractivity contribution in [1.82, 2.24) is 10.2 Å². The van der Waals surface area contributed by atoms with Crippen LogP contribution in [-0.4, -0.2) is 29.2 Å². The first-order valence-corrected chi connectivity index (χ1v) is 9.45.